The maximum atomic E-state index is 15.5. The van der Waals surface area contributed by atoms with Crippen LogP contribution in [0.5, 0.6) is 0 Å². The lowest BCUT2D eigenvalue weighted by atomic mass is 9.95. The van der Waals surface area contributed by atoms with E-state index in [9.17, 15) is 22.0 Å². The molecule has 0 spiro atoms. The van der Waals surface area contributed by atoms with Gasteiger partial charge in [-0.3, -0.25) is 4.79 Å². The molecule has 1 amide bonds. The fourth-order valence-corrected chi connectivity index (χ4v) is 5.29. The van der Waals surface area contributed by atoms with Gasteiger partial charge in [-0.2, -0.15) is 0 Å². The SMILES string of the molecule is CCS(=O)(=O)N[C@@H]1[C@H](Cc2cccc(-c3cccc(Cl)c3)c2F)N(C(=O)C2CC2)CC1(F)F. The topological polar surface area (TPSA) is 66.5 Å². The highest BCUT2D eigenvalue weighted by atomic mass is 35.5. The van der Waals surface area contributed by atoms with Crippen LogP contribution in [0, 0.1) is 11.7 Å². The van der Waals surface area contributed by atoms with E-state index in [2.05, 4.69) is 4.72 Å². The zero-order valence-electron chi connectivity index (χ0n) is 17.9. The van der Waals surface area contributed by atoms with Crippen LogP contribution in [-0.2, 0) is 21.2 Å². The molecule has 2 aromatic rings. The number of halogens is 4. The Kier molecular flexibility index (Phi) is 6.50. The maximum Gasteiger partial charge on any atom is 0.283 e. The number of nitrogens with zero attached hydrogens (tertiary/aromatic N) is 1. The number of hydrogen-bond donors (Lipinski definition) is 1. The van der Waals surface area contributed by atoms with E-state index in [-0.39, 0.29) is 29.2 Å². The van der Waals surface area contributed by atoms with Crippen LogP contribution in [0.25, 0.3) is 11.1 Å². The van der Waals surface area contributed by atoms with Crippen molar-refractivity contribution in [3.63, 3.8) is 0 Å². The molecule has 33 heavy (non-hydrogen) atoms. The quantitative estimate of drug-likeness (QED) is 0.618. The Morgan fingerprint density at radius 2 is 1.91 bits per heavy atom. The van der Waals surface area contributed by atoms with Crippen LogP contribution < -0.4 is 4.72 Å². The average molecular weight is 501 g/mol. The summed E-state index contributed by atoms with van der Waals surface area (Å²) >= 11 is 6.02. The lowest BCUT2D eigenvalue weighted by Gasteiger charge is -2.29. The Morgan fingerprint density at radius 3 is 2.55 bits per heavy atom. The number of sulfonamides is 1. The second kappa shape index (κ2) is 8.92. The summed E-state index contributed by atoms with van der Waals surface area (Å²) in [7, 11) is -4.00. The van der Waals surface area contributed by atoms with E-state index in [0.29, 0.717) is 23.4 Å². The van der Waals surface area contributed by atoms with E-state index in [1.165, 1.54) is 13.0 Å². The van der Waals surface area contributed by atoms with Gasteiger partial charge in [0.25, 0.3) is 5.92 Å². The third-order valence-corrected chi connectivity index (χ3v) is 7.77. The second-order valence-corrected chi connectivity index (χ2v) is 11.0. The van der Waals surface area contributed by atoms with Crippen molar-refractivity contribution in [2.75, 3.05) is 12.3 Å². The van der Waals surface area contributed by atoms with Crippen LogP contribution in [0.4, 0.5) is 13.2 Å². The molecule has 2 aliphatic rings. The number of carbonyl (C=O) groups excluding carboxylic acids is 1. The molecule has 0 unspecified atom stereocenters. The van der Waals surface area contributed by atoms with E-state index < -0.39 is 46.3 Å². The largest absolute Gasteiger partial charge is 0.331 e. The molecule has 2 aromatic carbocycles. The Hall–Kier alpha value is -2.10. The molecule has 10 heteroatoms. The molecule has 1 N–H and O–H groups in total. The number of alkyl halides is 2. The van der Waals surface area contributed by atoms with E-state index >= 15 is 4.39 Å². The van der Waals surface area contributed by atoms with Crippen molar-refractivity contribution in [1.82, 2.24) is 9.62 Å². The third-order valence-electron chi connectivity index (χ3n) is 6.16. The predicted molar refractivity (Wildman–Crippen MR) is 120 cm³/mol. The Bertz CT molecular complexity index is 1170. The maximum absolute atomic E-state index is 15.5. The highest BCUT2D eigenvalue weighted by Gasteiger charge is 2.58. The molecule has 1 saturated carbocycles. The summed E-state index contributed by atoms with van der Waals surface area (Å²) in [6, 6.07) is 8.14. The lowest BCUT2D eigenvalue weighted by Crippen LogP contribution is -2.52. The van der Waals surface area contributed by atoms with Gasteiger partial charge in [-0.1, -0.05) is 41.9 Å². The van der Waals surface area contributed by atoms with Crippen LogP contribution in [0.2, 0.25) is 5.02 Å². The third kappa shape index (κ3) is 5.05. The van der Waals surface area contributed by atoms with Crippen molar-refractivity contribution in [3.05, 3.63) is 58.9 Å². The van der Waals surface area contributed by atoms with Crippen molar-refractivity contribution in [3.8, 4) is 11.1 Å². The number of likely N-dealkylation sites (tertiary alicyclic amines) is 1. The molecule has 1 heterocycles. The van der Waals surface area contributed by atoms with Gasteiger partial charge >= 0.3 is 0 Å². The van der Waals surface area contributed by atoms with Crippen molar-refractivity contribution in [2.24, 2.45) is 5.92 Å². The van der Waals surface area contributed by atoms with Gasteiger partial charge in [0.05, 0.1) is 18.3 Å². The molecule has 0 bridgehead atoms. The van der Waals surface area contributed by atoms with Crippen LogP contribution in [0.15, 0.2) is 42.5 Å². The summed E-state index contributed by atoms with van der Waals surface area (Å²) in [5, 5.41) is 0.419. The van der Waals surface area contributed by atoms with Crippen LogP contribution in [0.3, 0.4) is 0 Å². The number of nitrogens with one attached hydrogen (secondary N) is 1. The van der Waals surface area contributed by atoms with Gasteiger partial charge in [0, 0.05) is 16.5 Å². The lowest BCUT2D eigenvalue weighted by molar-refractivity contribution is -0.134. The monoisotopic (exact) mass is 500 g/mol. The molecule has 5 nitrogen and oxygen atoms in total. The normalized spacial score (nSPS) is 22.5. The first-order valence-electron chi connectivity index (χ1n) is 10.7. The summed E-state index contributed by atoms with van der Waals surface area (Å²) in [6.07, 6.45) is 0.959. The molecular formula is C23H24ClF3N2O3S. The van der Waals surface area contributed by atoms with E-state index in [1.807, 2.05) is 0 Å². The summed E-state index contributed by atoms with van der Waals surface area (Å²) in [6.45, 7) is 0.436. The fraction of sp³-hybridized carbons (Fsp3) is 0.435. The predicted octanol–water partition coefficient (Wildman–Crippen LogP) is 4.25. The number of rotatable bonds is 7. The molecule has 0 radical (unpaired) electrons. The molecule has 4 rings (SSSR count). The fourth-order valence-electron chi connectivity index (χ4n) is 4.22. The van der Waals surface area contributed by atoms with Gasteiger partial charge in [0.15, 0.2) is 0 Å². The zero-order chi connectivity index (χ0) is 24.0. The van der Waals surface area contributed by atoms with Crippen LogP contribution in [0.1, 0.15) is 25.3 Å². The number of hydrogen-bond acceptors (Lipinski definition) is 3. The number of carbonyl (C=O) groups is 1. The summed E-state index contributed by atoms with van der Waals surface area (Å²) in [4.78, 5) is 13.8. The van der Waals surface area contributed by atoms with Crippen molar-refractivity contribution in [2.45, 2.75) is 44.2 Å². The number of amides is 1. The minimum atomic E-state index is -4.00. The van der Waals surface area contributed by atoms with Gasteiger partial charge in [0.2, 0.25) is 15.9 Å². The van der Waals surface area contributed by atoms with Crippen molar-refractivity contribution < 1.29 is 26.4 Å². The molecular weight excluding hydrogens is 477 g/mol. The van der Waals surface area contributed by atoms with E-state index in [4.69, 9.17) is 11.6 Å². The Labute approximate surface area is 196 Å². The van der Waals surface area contributed by atoms with E-state index in [0.717, 1.165) is 4.90 Å². The Balaban J connectivity index is 1.72. The van der Waals surface area contributed by atoms with E-state index in [1.54, 1.807) is 36.4 Å². The highest BCUT2D eigenvalue weighted by molar-refractivity contribution is 7.89. The summed E-state index contributed by atoms with van der Waals surface area (Å²) in [5.41, 5.74) is 0.878. The van der Waals surface area contributed by atoms with Gasteiger partial charge in [-0.05, 0) is 49.4 Å². The summed E-state index contributed by atoms with van der Waals surface area (Å²) < 4.78 is 71.9. The standard InChI is InChI=1S/C23H24ClF3N2O3S/c1-2-33(31,32)28-21-19(29(13-23(21,26)27)22(30)14-9-10-14)12-16-6-4-8-18(20(16)25)15-5-3-7-17(24)11-15/h3-8,11,14,19,21,28H,2,9-10,12-13H2,1H3/t19-,21+/m0/s1. The summed E-state index contributed by atoms with van der Waals surface area (Å²) in [5.74, 6) is -5.28. The first kappa shape index (κ1) is 24.0. The highest BCUT2D eigenvalue weighted by Crippen LogP contribution is 2.40. The molecule has 1 aliphatic heterocycles. The average Bonchev–Trinajstić information content (AvgIpc) is 3.57. The smallest absolute Gasteiger partial charge is 0.283 e. The second-order valence-electron chi connectivity index (χ2n) is 8.56. The number of benzene rings is 2. The minimum absolute atomic E-state index is 0.115. The van der Waals surface area contributed by atoms with Gasteiger partial charge in [-0.15, -0.1) is 0 Å². The molecule has 1 aliphatic carbocycles. The van der Waals surface area contributed by atoms with Gasteiger partial charge in [-0.25, -0.2) is 26.3 Å². The molecule has 2 atom stereocenters. The van der Waals surface area contributed by atoms with Crippen molar-refractivity contribution in [1.29, 1.82) is 0 Å². The molecule has 178 valence electrons. The first-order valence-corrected chi connectivity index (χ1v) is 12.8. The van der Waals surface area contributed by atoms with Gasteiger partial charge < -0.3 is 4.90 Å². The van der Waals surface area contributed by atoms with Crippen LogP contribution >= 0.6 is 11.6 Å². The zero-order valence-corrected chi connectivity index (χ0v) is 19.5. The molecule has 1 saturated heterocycles. The minimum Gasteiger partial charge on any atom is -0.331 e. The Morgan fingerprint density at radius 1 is 1.21 bits per heavy atom. The molecule has 2 fully saturated rings. The van der Waals surface area contributed by atoms with Crippen LogP contribution in [-0.4, -0.2) is 49.5 Å². The van der Waals surface area contributed by atoms with Crippen molar-refractivity contribution >= 4 is 27.5 Å². The molecule has 0 aromatic heterocycles. The first-order chi connectivity index (χ1) is 15.5. The van der Waals surface area contributed by atoms with Gasteiger partial charge in [0.1, 0.15) is 11.9 Å².